The Hall–Kier alpha value is -4.88. The van der Waals surface area contributed by atoms with Crippen molar-refractivity contribution in [1.29, 1.82) is 0 Å². The van der Waals surface area contributed by atoms with E-state index in [1.165, 1.54) is 25.5 Å². The molecule has 4 N–H and O–H groups in total. The first-order valence-electron chi connectivity index (χ1n) is 20.9. The van der Waals surface area contributed by atoms with Crippen LogP contribution in [0.2, 0.25) is 0 Å². The van der Waals surface area contributed by atoms with E-state index in [1.807, 2.05) is 49.9 Å². The highest BCUT2D eigenvalue weighted by Crippen LogP contribution is 2.58. The van der Waals surface area contributed by atoms with Crippen LogP contribution < -0.4 is 10.6 Å². The Labute approximate surface area is 335 Å². The van der Waals surface area contributed by atoms with Gasteiger partial charge in [0.1, 0.15) is 23.7 Å². The van der Waals surface area contributed by atoms with Gasteiger partial charge < -0.3 is 39.9 Å². The molecule has 57 heavy (non-hydrogen) atoms. The molecule has 3 aliphatic carbocycles. The maximum Gasteiger partial charge on any atom is 0.407 e. The monoisotopic (exact) mass is 784 g/mol. The molecule has 308 valence electrons. The van der Waals surface area contributed by atoms with Gasteiger partial charge in [-0.05, 0) is 99.0 Å². The number of hydrogen-bond donors (Lipinski definition) is 4. The van der Waals surface area contributed by atoms with Gasteiger partial charge in [-0.1, -0.05) is 52.0 Å². The molecular formula is C43H60N8O6. The summed E-state index contributed by atoms with van der Waals surface area (Å²) in [4.78, 5) is 72.0. The number of rotatable bonds is 12. The molecule has 5 aliphatic rings. The molecular weight excluding hydrogens is 725 g/mol. The first-order chi connectivity index (χ1) is 27.4. The Morgan fingerprint density at radius 2 is 1.30 bits per heavy atom. The topological polar surface area (TPSA) is 175 Å². The van der Waals surface area contributed by atoms with Crippen LogP contribution >= 0.6 is 0 Å². The second-order valence-electron chi connectivity index (χ2n) is 17.6. The van der Waals surface area contributed by atoms with Crippen LogP contribution in [-0.4, -0.2) is 93.1 Å². The highest BCUT2D eigenvalue weighted by Gasteiger charge is 2.51. The quantitative estimate of drug-likeness (QED) is 0.155. The van der Waals surface area contributed by atoms with E-state index in [0.29, 0.717) is 19.5 Å². The van der Waals surface area contributed by atoms with Crippen LogP contribution in [0.4, 0.5) is 9.59 Å². The lowest BCUT2D eigenvalue weighted by atomic mass is 9.51. The standard InChI is InChI=1S/C43H60N8O6/c1-26(2)23-30(47-40(54)56-5)38(52)50-21-7-10-33(50)37-45-25-34(48-37)43-18-15-42(16-19-43,17-20-43)29-13-11-28(12-14-29)31-24-44-36(46-31)32-9-8-22-51(32)39(53)35(27(3)4)49-41(55)57-6/h11-14,24-27,30,32-33,35H,7-10,15-23H2,1-6H3,(H,44,46)(H,45,48)(H,47,54)(H,49,55). The van der Waals surface area contributed by atoms with Gasteiger partial charge in [0.2, 0.25) is 11.8 Å². The molecule has 2 saturated heterocycles. The van der Waals surface area contributed by atoms with Gasteiger partial charge in [-0.25, -0.2) is 19.6 Å². The number of carbonyl (C=O) groups is 4. The van der Waals surface area contributed by atoms with Crippen LogP contribution in [0.1, 0.15) is 133 Å². The number of H-pyrrole nitrogens is 2. The number of nitrogens with zero attached hydrogens (tertiary/aromatic N) is 4. The SMILES string of the molecule is COC(=O)NC(CC(C)C)C(=O)N1CCCC1c1ncc(C23CCC(c4ccc(-c5cnc(C6CCCN6C(=O)C(NC(=O)OC)C(C)C)[nH]5)cc4)(CC2)CC3)[nH]1. The largest absolute Gasteiger partial charge is 0.453 e. The molecule has 0 radical (unpaired) electrons. The van der Waals surface area contributed by atoms with Crippen LogP contribution in [0.5, 0.6) is 0 Å². The number of amides is 4. The summed E-state index contributed by atoms with van der Waals surface area (Å²) in [6.45, 7) is 9.17. The Kier molecular flexibility index (Phi) is 11.7. The van der Waals surface area contributed by atoms with Crippen molar-refractivity contribution in [3.05, 3.63) is 59.6 Å². The molecule has 2 bridgehead atoms. The molecule has 2 aromatic heterocycles. The van der Waals surface area contributed by atoms with Crippen molar-refractivity contribution < 1.29 is 28.7 Å². The Balaban J connectivity index is 0.992. The molecule has 1 aromatic carbocycles. The van der Waals surface area contributed by atoms with Crippen molar-refractivity contribution in [3.63, 3.8) is 0 Å². The maximum absolute atomic E-state index is 13.8. The van der Waals surface area contributed by atoms with Crippen molar-refractivity contribution in [2.45, 2.75) is 133 Å². The van der Waals surface area contributed by atoms with Gasteiger partial charge in [0.15, 0.2) is 0 Å². The molecule has 3 aromatic rings. The number of ether oxygens (including phenoxy) is 2. The summed E-state index contributed by atoms with van der Waals surface area (Å²) in [5.41, 5.74) is 4.74. The lowest BCUT2D eigenvalue weighted by Crippen LogP contribution is -2.51. The Bertz CT molecular complexity index is 1890. The number of nitrogens with one attached hydrogen (secondary N) is 4. The van der Waals surface area contributed by atoms with E-state index in [4.69, 9.17) is 19.4 Å². The van der Waals surface area contributed by atoms with Crippen molar-refractivity contribution >= 4 is 24.0 Å². The fourth-order valence-corrected chi connectivity index (χ4v) is 10.1. The van der Waals surface area contributed by atoms with E-state index in [2.05, 4.69) is 44.9 Å². The van der Waals surface area contributed by atoms with Crippen LogP contribution in [0.25, 0.3) is 11.3 Å². The fourth-order valence-electron chi connectivity index (χ4n) is 10.1. The van der Waals surface area contributed by atoms with Crippen molar-refractivity contribution in [2.75, 3.05) is 27.3 Å². The number of likely N-dealkylation sites (tertiary alicyclic amines) is 2. The molecule has 14 heteroatoms. The zero-order valence-electron chi connectivity index (χ0n) is 34.4. The van der Waals surface area contributed by atoms with Crippen molar-refractivity contribution in [2.24, 2.45) is 11.8 Å². The van der Waals surface area contributed by atoms with Gasteiger partial charge in [0.25, 0.3) is 0 Å². The zero-order valence-corrected chi connectivity index (χ0v) is 34.4. The molecule has 3 saturated carbocycles. The van der Waals surface area contributed by atoms with Crippen LogP contribution in [0, 0.1) is 11.8 Å². The molecule has 4 atom stereocenters. The number of alkyl carbamates (subject to hydrolysis) is 2. The summed E-state index contributed by atoms with van der Waals surface area (Å²) in [7, 11) is 2.62. The molecule has 2 aliphatic heterocycles. The summed E-state index contributed by atoms with van der Waals surface area (Å²) >= 11 is 0. The van der Waals surface area contributed by atoms with E-state index in [1.54, 1.807) is 0 Å². The molecule has 4 amide bonds. The summed E-state index contributed by atoms with van der Waals surface area (Å²) in [5, 5.41) is 5.48. The number of fused-ring (bicyclic) bond motifs is 3. The third kappa shape index (κ3) is 8.01. The minimum absolute atomic E-state index is 0.0549. The second kappa shape index (κ2) is 16.5. The summed E-state index contributed by atoms with van der Waals surface area (Å²) in [5.74, 6) is 1.54. The average Bonchev–Trinajstić information content (AvgIpc) is 4.06. The summed E-state index contributed by atoms with van der Waals surface area (Å²) in [6, 6.07) is 7.31. The van der Waals surface area contributed by atoms with Gasteiger partial charge in [0.05, 0.1) is 38.2 Å². The predicted octanol–water partition coefficient (Wildman–Crippen LogP) is 6.82. The first-order valence-corrected chi connectivity index (χ1v) is 20.9. The minimum Gasteiger partial charge on any atom is -0.453 e. The number of aromatic amines is 2. The number of aromatic nitrogens is 4. The van der Waals surface area contributed by atoms with Gasteiger partial charge in [-0.3, -0.25) is 9.59 Å². The number of benzene rings is 1. The smallest absolute Gasteiger partial charge is 0.407 e. The highest BCUT2D eigenvalue weighted by molar-refractivity contribution is 5.87. The second-order valence-corrected chi connectivity index (χ2v) is 17.6. The minimum atomic E-state index is -0.673. The number of imidazole rings is 2. The van der Waals surface area contributed by atoms with Gasteiger partial charge in [-0.2, -0.15) is 0 Å². The van der Waals surface area contributed by atoms with Crippen LogP contribution in [-0.2, 0) is 29.9 Å². The van der Waals surface area contributed by atoms with E-state index in [0.717, 1.165) is 87.1 Å². The zero-order chi connectivity index (χ0) is 40.5. The third-order valence-corrected chi connectivity index (χ3v) is 13.4. The fraction of sp³-hybridized carbons (Fsp3) is 0.628. The summed E-state index contributed by atoms with van der Waals surface area (Å²) < 4.78 is 9.60. The molecule has 14 nitrogen and oxygen atoms in total. The van der Waals surface area contributed by atoms with Crippen LogP contribution in [0.15, 0.2) is 36.7 Å². The Morgan fingerprint density at radius 3 is 1.88 bits per heavy atom. The lowest BCUT2D eigenvalue weighted by Gasteiger charge is -2.53. The number of hydrogen-bond acceptors (Lipinski definition) is 8. The average molecular weight is 785 g/mol. The Morgan fingerprint density at radius 1 is 0.754 bits per heavy atom. The molecule has 4 unspecified atom stereocenters. The van der Waals surface area contributed by atoms with Crippen LogP contribution in [0.3, 0.4) is 0 Å². The number of carbonyl (C=O) groups excluding carboxylic acids is 4. The van der Waals surface area contributed by atoms with E-state index in [9.17, 15) is 19.2 Å². The predicted molar refractivity (Wildman–Crippen MR) is 214 cm³/mol. The molecule has 8 rings (SSSR count). The molecule has 4 heterocycles. The lowest BCUT2D eigenvalue weighted by molar-refractivity contribution is -0.136. The van der Waals surface area contributed by atoms with Gasteiger partial charge in [0, 0.05) is 30.4 Å². The van der Waals surface area contributed by atoms with Crippen molar-refractivity contribution in [1.82, 2.24) is 40.4 Å². The molecule has 0 spiro atoms. The van der Waals surface area contributed by atoms with Gasteiger partial charge >= 0.3 is 12.2 Å². The highest BCUT2D eigenvalue weighted by atomic mass is 16.5. The maximum atomic E-state index is 13.8. The molecule has 5 fully saturated rings. The normalized spacial score (nSPS) is 25.5. The van der Waals surface area contributed by atoms with Crippen molar-refractivity contribution in [3.8, 4) is 11.3 Å². The number of methoxy groups -OCH3 is 2. The van der Waals surface area contributed by atoms with E-state index >= 15 is 0 Å². The summed E-state index contributed by atoms with van der Waals surface area (Å²) in [6.07, 6.45) is 13.2. The first kappa shape index (κ1) is 40.3. The van der Waals surface area contributed by atoms with E-state index < -0.39 is 24.3 Å². The van der Waals surface area contributed by atoms with E-state index in [-0.39, 0.29) is 46.6 Å². The van der Waals surface area contributed by atoms with Gasteiger partial charge in [-0.15, -0.1) is 0 Å². The third-order valence-electron chi connectivity index (χ3n) is 13.4.